The standard InChI is InChI=1S/C17H25N3O5/c1-10(2)7-13(19-15(22)9-18)16(23)20-14(17(24)25)8-11-3-5-12(21)6-4-11/h3-6,10,13-14,21H,7-9,18H2,1-2H3,(H,19,22)(H,20,23)(H,24,25)/t13-,14-/m1/s1. The van der Waals surface area contributed by atoms with Gasteiger partial charge in [-0.05, 0) is 30.0 Å². The number of hydrogen-bond acceptors (Lipinski definition) is 5. The van der Waals surface area contributed by atoms with Crippen LogP contribution in [0.4, 0.5) is 0 Å². The van der Waals surface area contributed by atoms with Crippen LogP contribution in [0.25, 0.3) is 0 Å². The average Bonchev–Trinajstić information content (AvgIpc) is 2.54. The van der Waals surface area contributed by atoms with Gasteiger partial charge in [-0.2, -0.15) is 0 Å². The number of aromatic hydroxyl groups is 1. The fraction of sp³-hybridized carbons (Fsp3) is 0.471. The van der Waals surface area contributed by atoms with E-state index in [0.29, 0.717) is 12.0 Å². The summed E-state index contributed by atoms with van der Waals surface area (Å²) < 4.78 is 0. The summed E-state index contributed by atoms with van der Waals surface area (Å²) >= 11 is 0. The maximum absolute atomic E-state index is 12.4. The maximum Gasteiger partial charge on any atom is 0.326 e. The van der Waals surface area contributed by atoms with Gasteiger partial charge in [-0.25, -0.2) is 4.79 Å². The largest absolute Gasteiger partial charge is 0.508 e. The van der Waals surface area contributed by atoms with Crippen molar-refractivity contribution in [3.63, 3.8) is 0 Å². The fourth-order valence-corrected chi connectivity index (χ4v) is 2.30. The number of rotatable bonds is 9. The molecule has 0 radical (unpaired) electrons. The first-order valence-corrected chi connectivity index (χ1v) is 8.03. The summed E-state index contributed by atoms with van der Waals surface area (Å²) in [5.74, 6) is -2.04. The minimum absolute atomic E-state index is 0.0561. The summed E-state index contributed by atoms with van der Waals surface area (Å²) in [6, 6.07) is 4.05. The summed E-state index contributed by atoms with van der Waals surface area (Å²) in [6.45, 7) is 3.53. The molecule has 0 spiro atoms. The van der Waals surface area contributed by atoms with Crippen LogP contribution in [-0.2, 0) is 20.8 Å². The molecule has 1 aromatic rings. The van der Waals surface area contributed by atoms with E-state index in [2.05, 4.69) is 10.6 Å². The van der Waals surface area contributed by atoms with Gasteiger partial charge >= 0.3 is 5.97 Å². The third-order valence-corrected chi connectivity index (χ3v) is 3.53. The molecule has 0 unspecified atom stereocenters. The molecule has 0 bridgehead atoms. The van der Waals surface area contributed by atoms with Gasteiger partial charge in [0.15, 0.2) is 0 Å². The smallest absolute Gasteiger partial charge is 0.326 e. The van der Waals surface area contributed by atoms with Crippen molar-refractivity contribution in [2.45, 2.75) is 38.8 Å². The molecule has 25 heavy (non-hydrogen) atoms. The lowest BCUT2D eigenvalue weighted by atomic mass is 10.0. The van der Waals surface area contributed by atoms with Crippen LogP contribution in [0.3, 0.4) is 0 Å². The highest BCUT2D eigenvalue weighted by Crippen LogP contribution is 2.12. The number of nitrogens with one attached hydrogen (secondary N) is 2. The van der Waals surface area contributed by atoms with Crippen molar-refractivity contribution in [2.24, 2.45) is 11.7 Å². The van der Waals surface area contributed by atoms with Crippen molar-refractivity contribution in [2.75, 3.05) is 6.54 Å². The van der Waals surface area contributed by atoms with Gasteiger partial charge in [0.1, 0.15) is 17.8 Å². The Labute approximate surface area is 146 Å². The van der Waals surface area contributed by atoms with E-state index in [9.17, 15) is 24.6 Å². The second-order valence-corrected chi connectivity index (χ2v) is 6.22. The topological polar surface area (TPSA) is 142 Å². The quantitative estimate of drug-likeness (QED) is 0.424. The lowest BCUT2D eigenvalue weighted by Crippen LogP contribution is -2.53. The molecule has 8 heteroatoms. The molecule has 0 aliphatic rings. The molecular weight excluding hydrogens is 326 g/mol. The summed E-state index contributed by atoms with van der Waals surface area (Å²) in [5.41, 5.74) is 5.91. The fourth-order valence-electron chi connectivity index (χ4n) is 2.30. The van der Waals surface area contributed by atoms with Crippen LogP contribution in [0.15, 0.2) is 24.3 Å². The molecule has 0 aliphatic heterocycles. The van der Waals surface area contributed by atoms with E-state index in [1.54, 1.807) is 12.1 Å². The number of carbonyl (C=O) groups excluding carboxylic acids is 2. The number of amides is 2. The van der Waals surface area contributed by atoms with Crippen LogP contribution in [0.5, 0.6) is 5.75 Å². The summed E-state index contributed by atoms with van der Waals surface area (Å²) in [4.78, 5) is 35.4. The third-order valence-electron chi connectivity index (χ3n) is 3.53. The van der Waals surface area contributed by atoms with Gasteiger partial charge in [0.2, 0.25) is 11.8 Å². The van der Waals surface area contributed by atoms with Gasteiger partial charge in [0.05, 0.1) is 6.54 Å². The van der Waals surface area contributed by atoms with E-state index in [1.807, 2.05) is 13.8 Å². The zero-order chi connectivity index (χ0) is 19.0. The van der Waals surface area contributed by atoms with E-state index in [-0.39, 0.29) is 24.6 Å². The maximum atomic E-state index is 12.4. The molecule has 2 atom stereocenters. The highest BCUT2D eigenvalue weighted by Gasteiger charge is 2.27. The minimum Gasteiger partial charge on any atom is -0.508 e. The predicted molar refractivity (Wildman–Crippen MR) is 91.8 cm³/mol. The number of carbonyl (C=O) groups is 3. The minimum atomic E-state index is -1.19. The molecule has 0 aromatic heterocycles. The van der Waals surface area contributed by atoms with Crippen LogP contribution < -0.4 is 16.4 Å². The SMILES string of the molecule is CC(C)C[C@@H](NC(=O)CN)C(=O)N[C@H](Cc1ccc(O)cc1)C(=O)O. The number of benzene rings is 1. The number of phenolic OH excluding ortho intramolecular Hbond substituents is 1. The van der Waals surface area contributed by atoms with Crippen molar-refractivity contribution in [1.82, 2.24) is 10.6 Å². The van der Waals surface area contributed by atoms with Gasteiger partial charge in [-0.1, -0.05) is 26.0 Å². The van der Waals surface area contributed by atoms with E-state index < -0.39 is 29.9 Å². The van der Waals surface area contributed by atoms with Crippen LogP contribution in [0, 0.1) is 5.92 Å². The Kier molecular flexibility index (Phi) is 7.87. The average molecular weight is 351 g/mol. The first-order chi connectivity index (χ1) is 11.7. The lowest BCUT2D eigenvalue weighted by Gasteiger charge is -2.22. The normalized spacial score (nSPS) is 13.1. The molecule has 138 valence electrons. The Morgan fingerprint density at radius 3 is 2.16 bits per heavy atom. The first-order valence-electron chi connectivity index (χ1n) is 8.03. The highest BCUT2D eigenvalue weighted by molar-refractivity contribution is 5.90. The third kappa shape index (κ3) is 7.21. The molecule has 0 saturated heterocycles. The molecule has 2 amide bonds. The molecular formula is C17H25N3O5. The second-order valence-electron chi connectivity index (χ2n) is 6.22. The molecule has 0 fully saturated rings. The molecule has 0 aliphatic carbocycles. The first kappa shape index (κ1) is 20.4. The second kappa shape index (κ2) is 9.63. The molecule has 8 nitrogen and oxygen atoms in total. The van der Waals surface area contributed by atoms with Gasteiger partial charge in [0, 0.05) is 6.42 Å². The van der Waals surface area contributed by atoms with Gasteiger partial charge < -0.3 is 26.6 Å². The van der Waals surface area contributed by atoms with E-state index in [4.69, 9.17) is 5.73 Å². The van der Waals surface area contributed by atoms with Crippen LogP contribution in [-0.4, -0.2) is 46.6 Å². The number of carboxylic acids is 1. The highest BCUT2D eigenvalue weighted by atomic mass is 16.4. The Morgan fingerprint density at radius 1 is 1.08 bits per heavy atom. The zero-order valence-corrected chi connectivity index (χ0v) is 14.4. The molecule has 0 heterocycles. The number of hydrogen-bond donors (Lipinski definition) is 5. The lowest BCUT2D eigenvalue weighted by molar-refractivity contribution is -0.142. The van der Waals surface area contributed by atoms with Crippen molar-refractivity contribution >= 4 is 17.8 Å². The van der Waals surface area contributed by atoms with Crippen molar-refractivity contribution in [3.05, 3.63) is 29.8 Å². The Bertz CT molecular complexity index is 601. The van der Waals surface area contributed by atoms with E-state index in [0.717, 1.165) is 0 Å². The Hall–Kier alpha value is -2.61. The predicted octanol–water partition coefficient (Wildman–Crippen LogP) is -0.00630. The van der Waals surface area contributed by atoms with E-state index in [1.165, 1.54) is 12.1 Å². The molecule has 1 aromatic carbocycles. The van der Waals surface area contributed by atoms with Crippen molar-refractivity contribution in [3.8, 4) is 5.75 Å². The van der Waals surface area contributed by atoms with E-state index >= 15 is 0 Å². The van der Waals surface area contributed by atoms with Crippen LogP contribution in [0.1, 0.15) is 25.8 Å². The van der Waals surface area contributed by atoms with Gasteiger partial charge in [0.25, 0.3) is 0 Å². The summed E-state index contributed by atoms with van der Waals surface area (Å²) in [7, 11) is 0. The monoisotopic (exact) mass is 351 g/mol. The zero-order valence-electron chi connectivity index (χ0n) is 14.4. The molecule has 1 rings (SSSR count). The number of phenols is 1. The van der Waals surface area contributed by atoms with Crippen LogP contribution in [0.2, 0.25) is 0 Å². The Morgan fingerprint density at radius 2 is 1.68 bits per heavy atom. The number of nitrogens with two attached hydrogens (primary N) is 1. The number of aliphatic carboxylic acids is 1. The van der Waals surface area contributed by atoms with Crippen LogP contribution >= 0.6 is 0 Å². The summed E-state index contributed by atoms with van der Waals surface area (Å²) in [6.07, 6.45) is 0.420. The van der Waals surface area contributed by atoms with Crippen molar-refractivity contribution < 1.29 is 24.6 Å². The van der Waals surface area contributed by atoms with Gasteiger partial charge in [-0.3, -0.25) is 9.59 Å². The number of carboxylic acid groups (broad SMARTS) is 1. The van der Waals surface area contributed by atoms with Crippen molar-refractivity contribution in [1.29, 1.82) is 0 Å². The molecule has 6 N–H and O–H groups in total. The molecule has 0 saturated carbocycles. The summed E-state index contributed by atoms with van der Waals surface area (Å²) in [5, 5.41) is 23.6. The van der Waals surface area contributed by atoms with Gasteiger partial charge in [-0.15, -0.1) is 0 Å². The Balaban J connectivity index is 2.82.